The molecule has 0 radical (unpaired) electrons. The fraction of sp³-hybridized carbons (Fsp3) is 0.632. The van der Waals surface area contributed by atoms with Crippen molar-refractivity contribution >= 4 is 5.91 Å². The van der Waals surface area contributed by atoms with E-state index in [1.165, 1.54) is 0 Å². The summed E-state index contributed by atoms with van der Waals surface area (Å²) in [6.07, 6.45) is 2.28. The lowest BCUT2D eigenvalue weighted by molar-refractivity contribution is -0.135. The van der Waals surface area contributed by atoms with Crippen LogP contribution in [-0.4, -0.2) is 36.7 Å². The van der Waals surface area contributed by atoms with Crippen molar-refractivity contribution in [2.45, 2.75) is 46.2 Å². The summed E-state index contributed by atoms with van der Waals surface area (Å²) in [7, 11) is 0. The molecule has 0 aromatic heterocycles. The summed E-state index contributed by atoms with van der Waals surface area (Å²) in [6, 6.07) is 8.58. The zero-order valence-electron chi connectivity index (χ0n) is 14.4. The molecule has 1 heterocycles. The van der Waals surface area contributed by atoms with Gasteiger partial charge in [0.1, 0.15) is 5.75 Å². The number of carbonyl (C=O) groups is 1. The molecule has 3 rings (SSSR count). The summed E-state index contributed by atoms with van der Waals surface area (Å²) < 4.78 is 11.1. The molecule has 0 N–H and O–H groups in total. The van der Waals surface area contributed by atoms with E-state index in [1.54, 1.807) is 0 Å². The second kappa shape index (κ2) is 6.52. The average Bonchev–Trinajstić information content (AvgIpc) is 3.34. The molecule has 0 unspecified atom stereocenters. The summed E-state index contributed by atoms with van der Waals surface area (Å²) >= 11 is 0. The molecule has 1 saturated carbocycles. The lowest BCUT2D eigenvalue weighted by Crippen LogP contribution is -2.44. The highest BCUT2D eigenvalue weighted by molar-refractivity contribution is 5.78. The quantitative estimate of drug-likeness (QED) is 0.775. The Kier molecular flexibility index (Phi) is 4.62. The summed E-state index contributed by atoms with van der Waals surface area (Å²) in [4.78, 5) is 14.4. The minimum atomic E-state index is 0.0589. The predicted molar refractivity (Wildman–Crippen MR) is 89.3 cm³/mol. The van der Waals surface area contributed by atoms with E-state index in [9.17, 15) is 4.79 Å². The van der Waals surface area contributed by atoms with Gasteiger partial charge in [0.15, 0.2) is 0 Å². The fourth-order valence-electron chi connectivity index (χ4n) is 2.78. The average molecular weight is 317 g/mol. The molecule has 4 nitrogen and oxygen atoms in total. The maximum atomic E-state index is 12.3. The highest BCUT2D eigenvalue weighted by atomic mass is 16.5. The number of benzene rings is 1. The molecule has 1 saturated heterocycles. The van der Waals surface area contributed by atoms with Gasteiger partial charge in [-0.1, -0.05) is 32.9 Å². The van der Waals surface area contributed by atoms with Crippen LogP contribution in [0.15, 0.2) is 24.3 Å². The first-order valence-corrected chi connectivity index (χ1v) is 8.57. The Morgan fingerprint density at radius 1 is 1.30 bits per heavy atom. The minimum Gasteiger partial charge on any atom is -0.493 e. The molecule has 23 heavy (non-hydrogen) atoms. The molecule has 1 aliphatic carbocycles. The molecule has 4 heteroatoms. The summed E-state index contributed by atoms with van der Waals surface area (Å²) in [5.41, 5.74) is 1.32. The number of ether oxygens (including phenoxy) is 2. The third-order valence-corrected chi connectivity index (χ3v) is 4.53. The smallest absolute Gasteiger partial charge is 0.225 e. The second-order valence-corrected chi connectivity index (χ2v) is 7.59. The molecule has 1 aromatic carbocycles. The standard InChI is InChI=1S/C19H27NO3/c1-14(2)18(21)20(16-6-7-16)10-15-4-8-17(9-5-15)23-13-19(3)11-22-12-19/h4-5,8-9,14,16H,6-7,10-13H2,1-3H3. The molecule has 0 spiro atoms. The van der Waals surface area contributed by atoms with Crippen LogP contribution in [0.5, 0.6) is 5.75 Å². The Bertz CT molecular complexity index is 544. The van der Waals surface area contributed by atoms with Crippen LogP contribution in [0.4, 0.5) is 0 Å². The van der Waals surface area contributed by atoms with E-state index in [0.29, 0.717) is 19.2 Å². The number of nitrogens with zero attached hydrogens (tertiary/aromatic N) is 1. The topological polar surface area (TPSA) is 38.8 Å². The first-order valence-electron chi connectivity index (χ1n) is 8.57. The van der Waals surface area contributed by atoms with E-state index in [2.05, 4.69) is 19.1 Å². The first-order chi connectivity index (χ1) is 11.0. The normalized spacial score (nSPS) is 19.3. The van der Waals surface area contributed by atoms with Crippen molar-refractivity contribution in [1.82, 2.24) is 4.90 Å². The van der Waals surface area contributed by atoms with Crippen molar-refractivity contribution in [1.29, 1.82) is 0 Å². The Hall–Kier alpha value is -1.55. The molecule has 2 fully saturated rings. The van der Waals surface area contributed by atoms with Crippen LogP contribution in [0, 0.1) is 11.3 Å². The molecule has 1 amide bonds. The summed E-state index contributed by atoms with van der Waals surface area (Å²) in [6.45, 7) is 9.06. The zero-order valence-corrected chi connectivity index (χ0v) is 14.4. The molecule has 0 atom stereocenters. The number of amides is 1. The molecular formula is C19H27NO3. The van der Waals surface area contributed by atoms with Gasteiger partial charge in [0, 0.05) is 23.9 Å². The van der Waals surface area contributed by atoms with Crippen molar-refractivity contribution in [3.63, 3.8) is 0 Å². The monoisotopic (exact) mass is 317 g/mol. The van der Waals surface area contributed by atoms with Crippen LogP contribution in [0.3, 0.4) is 0 Å². The van der Waals surface area contributed by atoms with Crippen LogP contribution in [0.2, 0.25) is 0 Å². The number of hydrogen-bond donors (Lipinski definition) is 0. The zero-order chi connectivity index (χ0) is 16.4. The lowest BCUT2D eigenvalue weighted by Gasteiger charge is -2.37. The van der Waals surface area contributed by atoms with Gasteiger partial charge in [0.05, 0.1) is 19.8 Å². The SMILES string of the molecule is CC(C)C(=O)N(Cc1ccc(OCC2(C)COC2)cc1)C1CC1. The van der Waals surface area contributed by atoms with Crippen molar-refractivity contribution in [3.8, 4) is 5.75 Å². The highest BCUT2D eigenvalue weighted by Gasteiger charge is 2.34. The first kappa shape index (κ1) is 16.3. The third kappa shape index (κ3) is 4.05. The molecule has 1 aromatic rings. The van der Waals surface area contributed by atoms with Crippen LogP contribution < -0.4 is 4.74 Å². The number of rotatable bonds is 7. The highest BCUT2D eigenvalue weighted by Crippen LogP contribution is 2.30. The fourth-order valence-corrected chi connectivity index (χ4v) is 2.78. The van der Waals surface area contributed by atoms with Crippen LogP contribution >= 0.6 is 0 Å². The van der Waals surface area contributed by atoms with E-state index < -0.39 is 0 Å². The van der Waals surface area contributed by atoms with E-state index in [4.69, 9.17) is 9.47 Å². The van der Waals surface area contributed by atoms with Crippen molar-refractivity contribution in [3.05, 3.63) is 29.8 Å². The van der Waals surface area contributed by atoms with E-state index in [1.807, 2.05) is 30.9 Å². The largest absolute Gasteiger partial charge is 0.493 e. The molecular weight excluding hydrogens is 290 g/mol. The Morgan fingerprint density at radius 3 is 2.43 bits per heavy atom. The molecule has 2 aliphatic rings. The Balaban J connectivity index is 1.56. The van der Waals surface area contributed by atoms with Gasteiger partial charge >= 0.3 is 0 Å². The van der Waals surface area contributed by atoms with E-state index in [0.717, 1.165) is 37.4 Å². The molecule has 1 aliphatic heterocycles. The summed E-state index contributed by atoms with van der Waals surface area (Å²) in [5.74, 6) is 1.20. The van der Waals surface area contributed by atoms with Crippen LogP contribution in [0.25, 0.3) is 0 Å². The molecule has 0 bridgehead atoms. The van der Waals surface area contributed by atoms with Crippen LogP contribution in [-0.2, 0) is 16.1 Å². The van der Waals surface area contributed by atoms with Crippen molar-refractivity contribution in [2.75, 3.05) is 19.8 Å². The number of carbonyl (C=O) groups excluding carboxylic acids is 1. The van der Waals surface area contributed by atoms with Gasteiger partial charge in [-0.15, -0.1) is 0 Å². The van der Waals surface area contributed by atoms with Gasteiger partial charge in [0.25, 0.3) is 0 Å². The van der Waals surface area contributed by atoms with E-state index in [-0.39, 0.29) is 17.2 Å². The van der Waals surface area contributed by atoms with Crippen LogP contribution in [0.1, 0.15) is 39.2 Å². The van der Waals surface area contributed by atoms with Gasteiger partial charge in [-0.25, -0.2) is 0 Å². The third-order valence-electron chi connectivity index (χ3n) is 4.53. The van der Waals surface area contributed by atoms with E-state index >= 15 is 0 Å². The van der Waals surface area contributed by atoms with Gasteiger partial charge in [-0.2, -0.15) is 0 Å². The van der Waals surface area contributed by atoms with Gasteiger partial charge < -0.3 is 14.4 Å². The Labute approximate surface area is 138 Å². The maximum Gasteiger partial charge on any atom is 0.225 e. The van der Waals surface area contributed by atoms with Gasteiger partial charge in [-0.3, -0.25) is 4.79 Å². The van der Waals surface area contributed by atoms with Crippen molar-refractivity contribution < 1.29 is 14.3 Å². The minimum absolute atomic E-state index is 0.0589. The maximum absolute atomic E-state index is 12.3. The Morgan fingerprint density at radius 2 is 1.96 bits per heavy atom. The van der Waals surface area contributed by atoms with Gasteiger partial charge in [0.2, 0.25) is 5.91 Å². The second-order valence-electron chi connectivity index (χ2n) is 7.59. The molecule has 126 valence electrons. The van der Waals surface area contributed by atoms with Crippen molar-refractivity contribution in [2.24, 2.45) is 11.3 Å². The predicted octanol–water partition coefficient (Wildman–Crippen LogP) is 3.25. The number of hydrogen-bond acceptors (Lipinski definition) is 3. The van der Waals surface area contributed by atoms with Gasteiger partial charge in [-0.05, 0) is 30.5 Å². The lowest BCUT2D eigenvalue weighted by atomic mass is 9.90. The summed E-state index contributed by atoms with van der Waals surface area (Å²) in [5, 5.41) is 0.